The first-order chi connectivity index (χ1) is 24.7. The van der Waals surface area contributed by atoms with Crippen molar-refractivity contribution in [1.82, 2.24) is 15.0 Å². The van der Waals surface area contributed by atoms with Crippen LogP contribution in [0.5, 0.6) is 0 Å². The minimum absolute atomic E-state index is 0.614. The van der Waals surface area contributed by atoms with Crippen molar-refractivity contribution < 1.29 is 4.42 Å². The highest BCUT2D eigenvalue weighted by Gasteiger charge is 2.17. The topological polar surface area (TPSA) is 51.8 Å². The Labute approximate surface area is 289 Å². The fraction of sp³-hybridized carbons (Fsp3) is 0.0217. The number of fused-ring (bicyclic) bond motifs is 6. The average molecular weight is 642 g/mol. The number of allylic oxidation sites excluding steroid dienone is 2. The number of benzene rings is 7. The lowest BCUT2D eigenvalue weighted by Gasteiger charge is -2.14. The maximum Gasteiger partial charge on any atom is 0.164 e. The van der Waals surface area contributed by atoms with Crippen LogP contribution in [0.1, 0.15) is 11.1 Å². The van der Waals surface area contributed by atoms with Crippen molar-refractivity contribution in [2.75, 3.05) is 0 Å². The molecule has 0 saturated heterocycles. The molecule has 0 aliphatic carbocycles. The van der Waals surface area contributed by atoms with Gasteiger partial charge in [0.25, 0.3) is 0 Å². The Morgan fingerprint density at radius 2 is 1.08 bits per heavy atom. The Morgan fingerprint density at radius 3 is 1.78 bits per heavy atom. The summed E-state index contributed by atoms with van der Waals surface area (Å²) in [5, 5.41) is 7.00. The van der Waals surface area contributed by atoms with Gasteiger partial charge in [-0.05, 0) is 69.4 Å². The van der Waals surface area contributed by atoms with Gasteiger partial charge in [0.15, 0.2) is 17.5 Å². The molecule has 0 atom stereocenters. The molecule has 4 heteroatoms. The van der Waals surface area contributed by atoms with E-state index in [9.17, 15) is 0 Å². The summed E-state index contributed by atoms with van der Waals surface area (Å²) in [6, 6.07) is 48.1. The molecule has 0 spiro atoms. The average Bonchev–Trinajstić information content (AvgIpc) is 3.56. The molecule has 0 fully saturated rings. The molecule has 9 aromatic rings. The first kappa shape index (κ1) is 29.5. The lowest BCUT2D eigenvalue weighted by Crippen LogP contribution is -2.00. The monoisotopic (exact) mass is 641 g/mol. The molecular formula is C46H31N3O. The Bertz CT molecular complexity index is 2720. The molecule has 0 amide bonds. The van der Waals surface area contributed by atoms with Crippen LogP contribution in [0.2, 0.25) is 0 Å². The second-order valence-corrected chi connectivity index (χ2v) is 12.5. The third-order valence-electron chi connectivity index (χ3n) is 9.50. The van der Waals surface area contributed by atoms with E-state index in [1.54, 1.807) is 0 Å². The molecule has 0 N–H and O–H groups in total. The summed E-state index contributed by atoms with van der Waals surface area (Å²) in [5.74, 6) is 1.89. The Morgan fingerprint density at radius 1 is 0.500 bits per heavy atom. The summed E-state index contributed by atoms with van der Waals surface area (Å²) in [4.78, 5) is 14.8. The van der Waals surface area contributed by atoms with Gasteiger partial charge in [-0.2, -0.15) is 0 Å². The van der Waals surface area contributed by atoms with Crippen molar-refractivity contribution in [3.63, 3.8) is 0 Å². The van der Waals surface area contributed by atoms with E-state index in [0.717, 1.165) is 49.8 Å². The molecule has 0 aliphatic rings. The van der Waals surface area contributed by atoms with Gasteiger partial charge in [-0.15, -0.1) is 0 Å². The molecule has 4 nitrogen and oxygen atoms in total. The number of furan rings is 1. The lowest BCUT2D eigenvalue weighted by molar-refractivity contribution is 0.670. The van der Waals surface area contributed by atoms with Gasteiger partial charge in [0.1, 0.15) is 11.2 Å². The summed E-state index contributed by atoms with van der Waals surface area (Å²) in [6.45, 7) is 6.10. The first-order valence-corrected chi connectivity index (χ1v) is 16.7. The van der Waals surface area contributed by atoms with E-state index in [1.165, 1.54) is 32.7 Å². The zero-order chi connectivity index (χ0) is 33.6. The summed E-state index contributed by atoms with van der Waals surface area (Å²) in [5.41, 5.74) is 9.06. The van der Waals surface area contributed by atoms with Crippen molar-refractivity contribution in [3.05, 3.63) is 169 Å². The van der Waals surface area contributed by atoms with Crippen LogP contribution in [0, 0.1) is 6.92 Å². The third kappa shape index (κ3) is 4.97. The number of aryl methyl sites for hydroxylation is 1. The second-order valence-electron chi connectivity index (χ2n) is 12.5. The Balaban J connectivity index is 1.20. The Hall–Kier alpha value is -6.65. The van der Waals surface area contributed by atoms with Gasteiger partial charge in [0.2, 0.25) is 0 Å². The molecule has 7 aromatic carbocycles. The van der Waals surface area contributed by atoms with Gasteiger partial charge in [0.05, 0.1) is 0 Å². The predicted octanol–water partition coefficient (Wildman–Crippen LogP) is 12.3. The van der Waals surface area contributed by atoms with Gasteiger partial charge < -0.3 is 4.42 Å². The van der Waals surface area contributed by atoms with Gasteiger partial charge in [-0.25, -0.2) is 15.0 Å². The Kier molecular flexibility index (Phi) is 7.14. The second kappa shape index (κ2) is 12.1. The highest BCUT2D eigenvalue weighted by molar-refractivity contribution is 6.15. The summed E-state index contributed by atoms with van der Waals surface area (Å²) >= 11 is 0. The maximum absolute atomic E-state index is 6.63. The molecule has 0 unspecified atom stereocenters. The van der Waals surface area contributed by atoms with E-state index in [4.69, 9.17) is 19.4 Å². The van der Waals surface area contributed by atoms with E-state index >= 15 is 0 Å². The summed E-state index contributed by atoms with van der Waals surface area (Å²) < 4.78 is 6.63. The van der Waals surface area contributed by atoms with Crippen LogP contribution >= 0.6 is 0 Å². The standard InChI is InChI=1S/C46H31N3O/c1-3-4-18-34-29(2)40-27-32(23-25-38(40)37-20-12-11-19-36(34)37)35-21-13-22-39-41-28-33(24-26-42(41)50-43(35)39)46-48-44(30-14-7-5-8-15-30)47-45(49-46)31-16-9-6-10-17-31/h3-28H,1H2,2H3/b18-4-. The van der Waals surface area contributed by atoms with E-state index in [2.05, 4.69) is 86.3 Å². The SMILES string of the molecule is C=C/C=C\c1c(C)c2cc(-c3cccc4c3oc3ccc(-c5nc(-c6ccccc6)nc(-c6ccccc6)n5)cc34)ccc2c2ccccc12. The predicted molar refractivity (Wildman–Crippen MR) is 208 cm³/mol. The minimum atomic E-state index is 0.614. The quantitative estimate of drug-likeness (QED) is 0.134. The van der Waals surface area contributed by atoms with E-state index in [-0.39, 0.29) is 0 Å². The van der Waals surface area contributed by atoms with Crippen LogP contribution in [0.15, 0.2) is 163 Å². The third-order valence-corrected chi connectivity index (χ3v) is 9.50. The van der Waals surface area contributed by atoms with Crippen molar-refractivity contribution in [2.24, 2.45) is 0 Å². The van der Waals surface area contributed by atoms with E-state index in [1.807, 2.05) is 84.9 Å². The molecule has 0 radical (unpaired) electrons. The normalized spacial score (nSPS) is 11.7. The van der Waals surface area contributed by atoms with Crippen LogP contribution in [-0.2, 0) is 0 Å². The molecule has 2 heterocycles. The zero-order valence-corrected chi connectivity index (χ0v) is 27.5. The van der Waals surface area contributed by atoms with Crippen molar-refractivity contribution in [2.45, 2.75) is 6.92 Å². The number of rotatable bonds is 6. The van der Waals surface area contributed by atoms with E-state index in [0.29, 0.717) is 17.5 Å². The van der Waals surface area contributed by atoms with Crippen LogP contribution in [0.4, 0.5) is 0 Å². The molecule has 0 saturated carbocycles. The van der Waals surface area contributed by atoms with Crippen molar-refractivity contribution in [3.8, 4) is 45.3 Å². The lowest BCUT2D eigenvalue weighted by atomic mass is 9.90. The molecule has 2 aromatic heterocycles. The highest BCUT2D eigenvalue weighted by atomic mass is 16.3. The smallest absolute Gasteiger partial charge is 0.164 e. The number of aromatic nitrogens is 3. The minimum Gasteiger partial charge on any atom is -0.455 e. The molecule has 9 rings (SSSR count). The number of para-hydroxylation sites is 1. The molecular weight excluding hydrogens is 611 g/mol. The maximum atomic E-state index is 6.63. The number of hydrogen-bond donors (Lipinski definition) is 0. The van der Waals surface area contributed by atoms with E-state index < -0.39 is 0 Å². The van der Waals surface area contributed by atoms with Gasteiger partial charge in [-0.3, -0.25) is 0 Å². The molecule has 0 aliphatic heterocycles. The molecule has 236 valence electrons. The largest absolute Gasteiger partial charge is 0.455 e. The van der Waals surface area contributed by atoms with Gasteiger partial charge in [0, 0.05) is 33.0 Å². The molecule has 50 heavy (non-hydrogen) atoms. The fourth-order valence-electron chi connectivity index (χ4n) is 7.04. The van der Waals surface area contributed by atoms with Crippen LogP contribution < -0.4 is 0 Å². The van der Waals surface area contributed by atoms with Crippen LogP contribution in [0.3, 0.4) is 0 Å². The van der Waals surface area contributed by atoms with Gasteiger partial charge >= 0.3 is 0 Å². The van der Waals surface area contributed by atoms with Gasteiger partial charge in [-0.1, -0.05) is 140 Å². The summed E-state index contributed by atoms with van der Waals surface area (Å²) in [7, 11) is 0. The first-order valence-electron chi connectivity index (χ1n) is 16.7. The van der Waals surface area contributed by atoms with Crippen LogP contribution in [-0.4, -0.2) is 15.0 Å². The highest BCUT2D eigenvalue weighted by Crippen LogP contribution is 2.40. The van der Waals surface area contributed by atoms with Crippen molar-refractivity contribution in [1.29, 1.82) is 0 Å². The fourth-order valence-corrected chi connectivity index (χ4v) is 7.04. The summed E-state index contributed by atoms with van der Waals surface area (Å²) in [6.07, 6.45) is 6.00. The van der Waals surface area contributed by atoms with Crippen molar-refractivity contribution >= 4 is 49.6 Å². The zero-order valence-electron chi connectivity index (χ0n) is 27.5. The number of nitrogens with zero attached hydrogens (tertiary/aromatic N) is 3. The molecule has 0 bridgehead atoms. The number of hydrogen-bond acceptors (Lipinski definition) is 4. The van der Waals surface area contributed by atoms with Crippen LogP contribution in [0.25, 0.3) is 94.8 Å².